The lowest BCUT2D eigenvalue weighted by Crippen LogP contribution is -2.11. The highest BCUT2D eigenvalue weighted by atomic mass is 35.5. The zero-order chi connectivity index (χ0) is 15.8. The third-order valence-corrected chi connectivity index (χ3v) is 2.58. The van der Waals surface area contributed by atoms with Crippen LogP contribution in [0.4, 0.5) is 5.69 Å². The van der Waals surface area contributed by atoms with Crippen molar-refractivity contribution in [2.75, 3.05) is 20.3 Å². The molecule has 0 heterocycles. The van der Waals surface area contributed by atoms with E-state index in [0.29, 0.717) is 0 Å². The van der Waals surface area contributed by atoms with Crippen molar-refractivity contribution in [2.24, 2.45) is 0 Å². The van der Waals surface area contributed by atoms with Gasteiger partial charge in [-0.15, -0.1) is 0 Å². The molecule has 0 fully saturated rings. The fourth-order valence-corrected chi connectivity index (χ4v) is 1.58. The molecule has 0 aliphatic heterocycles. The van der Waals surface area contributed by atoms with Gasteiger partial charge >= 0.3 is 5.97 Å². The van der Waals surface area contributed by atoms with Gasteiger partial charge in [0.25, 0.3) is 5.69 Å². The molecule has 0 aromatic heterocycles. The first kappa shape index (κ1) is 16.6. The van der Waals surface area contributed by atoms with E-state index in [0.717, 1.165) is 6.08 Å². The second kappa shape index (κ2) is 7.99. The predicted octanol–water partition coefficient (Wildman–Crippen LogP) is 2.34. The number of carbonyl (C=O) groups excluding carboxylic acids is 1. The lowest BCUT2D eigenvalue weighted by molar-refractivity contribution is -0.385. The predicted molar refractivity (Wildman–Crippen MR) is 74.5 cm³/mol. The van der Waals surface area contributed by atoms with Crippen LogP contribution in [-0.4, -0.2) is 31.2 Å². The number of esters is 1. The lowest BCUT2D eigenvalue weighted by atomic mass is 10.1. The average molecular weight is 311 g/mol. The maximum atomic E-state index is 11.6. The summed E-state index contributed by atoms with van der Waals surface area (Å²) >= 11 is 5.76. The second-order valence-corrected chi connectivity index (χ2v) is 4.20. The molecule has 0 atom stereocenters. The summed E-state index contributed by atoms with van der Waals surface area (Å²) in [6, 6.07) is 5.48. The summed E-state index contributed by atoms with van der Waals surface area (Å²) < 4.78 is 9.48. The largest absolute Gasteiger partial charge is 0.459 e. The first-order valence-corrected chi connectivity index (χ1v) is 6.09. The minimum Gasteiger partial charge on any atom is -0.459 e. The minimum absolute atomic E-state index is 0.0218. The number of hydrogen-bond donors (Lipinski definition) is 0. The van der Waals surface area contributed by atoms with Crippen molar-refractivity contribution in [3.05, 3.63) is 44.5 Å². The lowest BCUT2D eigenvalue weighted by Gasteiger charge is -2.03. The topological polar surface area (TPSA) is 102 Å². The zero-order valence-corrected chi connectivity index (χ0v) is 11.8. The zero-order valence-electron chi connectivity index (χ0n) is 11.0. The highest BCUT2D eigenvalue weighted by Crippen LogP contribution is 2.25. The molecule has 0 radical (unpaired) electrons. The summed E-state index contributed by atoms with van der Waals surface area (Å²) in [5.74, 6) is -0.885. The number of nitriles is 1. The normalized spacial score (nSPS) is 10.8. The van der Waals surface area contributed by atoms with Crippen LogP contribution in [0.15, 0.2) is 23.8 Å². The van der Waals surface area contributed by atoms with Gasteiger partial charge in [0.1, 0.15) is 18.2 Å². The number of nitro groups is 1. The summed E-state index contributed by atoms with van der Waals surface area (Å²) in [5.41, 5.74) is -0.582. The first-order chi connectivity index (χ1) is 9.99. The summed E-state index contributed by atoms with van der Waals surface area (Å²) in [4.78, 5) is 21.9. The summed E-state index contributed by atoms with van der Waals surface area (Å²) in [5, 5.41) is 20.1. The van der Waals surface area contributed by atoms with Gasteiger partial charge in [-0.1, -0.05) is 11.6 Å². The van der Waals surface area contributed by atoms with Gasteiger partial charge in [-0.2, -0.15) is 5.26 Å². The third-order valence-electron chi connectivity index (χ3n) is 2.35. The van der Waals surface area contributed by atoms with E-state index in [9.17, 15) is 14.9 Å². The summed E-state index contributed by atoms with van der Waals surface area (Å²) in [6.07, 6.45) is 1.07. The van der Waals surface area contributed by atoms with Crippen molar-refractivity contribution in [1.29, 1.82) is 5.26 Å². The van der Waals surface area contributed by atoms with Crippen molar-refractivity contribution in [3.63, 3.8) is 0 Å². The molecule has 0 saturated carbocycles. The van der Waals surface area contributed by atoms with Crippen molar-refractivity contribution in [3.8, 4) is 6.07 Å². The van der Waals surface area contributed by atoms with E-state index in [2.05, 4.69) is 0 Å². The number of nitro benzene ring substituents is 1. The van der Waals surface area contributed by atoms with Crippen molar-refractivity contribution in [2.45, 2.75) is 0 Å². The van der Waals surface area contributed by atoms with E-state index in [1.807, 2.05) is 0 Å². The Labute approximate surface area is 125 Å². The van der Waals surface area contributed by atoms with E-state index in [-0.39, 0.29) is 35.1 Å². The molecule has 0 aliphatic rings. The SMILES string of the molecule is COCCOC(=O)/C(C#N)=C/c1cc(Cl)ccc1[N+](=O)[O-]. The molecular formula is C13H11ClN2O5. The molecule has 0 unspecified atom stereocenters. The van der Waals surface area contributed by atoms with Gasteiger partial charge in [0, 0.05) is 18.2 Å². The number of benzene rings is 1. The third kappa shape index (κ3) is 4.87. The Bertz CT molecular complexity index is 621. The van der Waals surface area contributed by atoms with Gasteiger partial charge in [0.2, 0.25) is 0 Å². The van der Waals surface area contributed by atoms with Crippen LogP contribution in [-0.2, 0) is 14.3 Å². The fraction of sp³-hybridized carbons (Fsp3) is 0.231. The number of hydrogen-bond acceptors (Lipinski definition) is 6. The highest BCUT2D eigenvalue weighted by molar-refractivity contribution is 6.30. The Morgan fingerprint density at radius 2 is 2.24 bits per heavy atom. The molecule has 0 aliphatic carbocycles. The van der Waals surface area contributed by atoms with Gasteiger partial charge in [0.05, 0.1) is 17.1 Å². The Balaban J connectivity index is 3.08. The van der Waals surface area contributed by atoms with Crippen LogP contribution in [0.3, 0.4) is 0 Å². The Hall–Kier alpha value is -2.43. The van der Waals surface area contributed by atoms with Gasteiger partial charge in [-0.25, -0.2) is 4.79 Å². The average Bonchev–Trinajstić information content (AvgIpc) is 2.44. The maximum absolute atomic E-state index is 11.6. The van der Waals surface area contributed by atoms with E-state index < -0.39 is 10.9 Å². The molecule has 0 N–H and O–H groups in total. The Kier molecular flexibility index (Phi) is 6.33. The van der Waals surface area contributed by atoms with Crippen LogP contribution in [0.25, 0.3) is 6.08 Å². The van der Waals surface area contributed by atoms with Crippen LogP contribution in [0.1, 0.15) is 5.56 Å². The van der Waals surface area contributed by atoms with E-state index in [1.54, 1.807) is 6.07 Å². The number of ether oxygens (including phenoxy) is 2. The molecule has 8 heteroatoms. The molecule has 1 rings (SSSR count). The smallest absolute Gasteiger partial charge is 0.348 e. The Morgan fingerprint density at radius 1 is 1.52 bits per heavy atom. The molecule has 0 spiro atoms. The molecule has 21 heavy (non-hydrogen) atoms. The summed E-state index contributed by atoms with van der Waals surface area (Å²) in [7, 11) is 1.43. The Morgan fingerprint density at radius 3 is 2.81 bits per heavy atom. The number of nitrogens with zero attached hydrogens (tertiary/aromatic N) is 2. The van der Waals surface area contributed by atoms with Crippen LogP contribution >= 0.6 is 11.6 Å². The number of rotatable bonds is 6. The van der Waals surface area contributed by atoms with Crippen molar-refractivity contribution < 1.29 is 19.2 Å². The number of methoxy groups -OCH3 is 1. The van der Waals surface area contributed by atoms with Crippen molar-refractivity contribution >= 4 is 29.3 Å². The van der Waals surface area contributed by atoms with E-state index in [4.69, 9.17) is 26.3 Å². The molecule has 1 aromatic rings. The monoisotopic (exact) mass is 310 g/mol. The van der Waals surface area contributed by atoms with Gasteiger partial charge in [-0.3, -0.25) is 10.1 Å². The first-order valence-electron chi connectivity index (χ1n) is 5.71. The van der Waals surface area contributed by atoms with E-state index in [1.165, 1.54) is 25.3 Å². The van der Waals surface area contributed by atoms with Gasteiger partial charge in [-0.05, 0) is 18.2 Å². The van der Waals surface area contributed by atoms with Crippen LogP contribution < -0.4 is 0 Å². The molecule has 7 nitrogen and oxygen atoms in total. The molecule has 0 saturated heterocycles. The maximum Gasteiger partial charge on any atom is 0.348 e. The van der Waals surface area contributed by atoms with E-state index >= 15 is 0 Å². The summed E-state index contributed by atoms with van der Waals surface area (Å²) in [6.45, 7) is 0.160. The molecule has 1 aromatic carbocycles. The molecule has 110 valence electrons. The van der Waals surface area contributed by atoms with Gasteiger partial charge in [0.15, 0.2) is 0 Å². The van der Waals surface area contributed by atoms with Crippen LogP contribution in [0.2, 0.25) is 5.02 Å². The standard InChI is InChI=1S/C13H11ClN2O5/c1-20-4-5-21-13(17)10(8-15)6-9-7-11(14)2-3-12(9)16(18)19/h2-3,6-7H,4-5H2,1H3/b10-6+. The quantitative estimate of drug-likeness (QED) is 0.199. The molecule has 0 amide bonds. The minimum atomic E-state index is -0.885. The fourth-order valence-electron chi connectivity index (χ4n) is 1.40. The highest BCUT2D eigenvalue weighted by Gasteiger charge is 2.16. The molecule has 0 bridgehead atoms. The van der Waals surface area contributed by atoms with Gasteiger partial charge < -0.3 is 9.47 Å². The number of carbonyl (C=O) groups is 1. The van der Waals surface area contributed by atoms with Crippen LogP contribution in [0.5, 0.6) is 0 Å². The number of halogens is 1. The van der Waals surface area contributed by atoms with Crippen molar-refractivity contribution in [1.82, 2.24) is 0 Å². The van der Waals surface area contributed by atoms with Crippen LogP contribution in [0, 0.1) is 21.4 Å². The molecular weight excluding hydrogens is 300 g/mol. The second-order valence-electron chi connectivity index (χ2n) is 3.76.